The van der Waals surface area contributed by atoms with Crippen LogP contribution in [0.25, 0.3) is 33.9 Å². The van der Waals surface area contributed by atoms with Gasteiger partial charge in [-0.15, -0.1) is 12.1 Å². The van der Waals surface area contributed by atoms with Crippen LogP contribution < -0.4 is 4.90 Å². The third-order valence-electron chi connectivity index (χ3n) is 8.23. The monoisotopic (exact) mass is 837 g/mol. The Morgan fingerprint density at radius 2 is 0.960 bits per heavy atom. The molecule has 7 aromatic rings. The zero-order valence-electron chi connectivity index (χ0n) is 28.9. The second kappa shape index (κ2) is 14.0. The van der Waals surface area contributed by atoms with Crippen LogP contribution in [0.3, 0.4) is 0 Å². The van der Waals surface area contributed by atoms with Gasteiger partial charge >= 0.3 is 21.1 Å². The Bertz CT molecular complexity index is 2060. The van der Waals surface area contributed by atoms with Crippen LogP contribution in [-0.2, 0) is 31.9 Å². The van der Waals surface area contributed by atoms with E-state index in [1.165, 1.54) is 0 Å². The first-order valence-electron chi connectivity index (χ1n) is 16.4. The largest absolute Gasteiger partial charge is 2.00 e. The predicted molar refractivity (Wildman–Crippen MR) is 195 cm³/mol. The summed E-state index contributed by atoms with van der Waals surface area (Å²) in [5, 5.41) is 9.88. The van der Waals surface area contributed by atoms with Gasteiger partial charge in [-0.3, -0.25) is 25.1 Å². The van der Waals surface area contributed by atoms with E-state index in [1.807, 2.05) is 83.8 Å². The van der Waals surface area contributed by atoms with Crippen LogP contribution in [0, 0.1) is 12.4 Å². The Hall–Kier alpha value is -5.20. The van der Waals surface area contributed by atoms with Gasteiger partial charge in [-0.25, -0.2) is 4.98 Å². The molecule has 0 spiro atoms. The third kappa shape index (κ3) is 7.08. The maximum Gasteiger partial charge on any atom is 2.00 e. The molecule has 0 aliphatic carbocycles. The molecule has 0 atom stereocenters. The summed E-state index contributed by atoms with van der Waals surface area (Å²) >= 11 is 0. The molecule has 0 aliphatic rings. The molecule has 5 heterocycles. The average molecular weight is 838 g/mol. The second-order valence-corrected chi connectivity index (χ2v) is 14.0. The minimum Gasteiger partial charge on any atom is -0.343 e. The smallest absolute Gasteiger partial charge is 0.343 e. The molecule has 0 aliphatic heterocycles. The zero-order chi connectivity index (χ0) is 34.2. The fourth-order valence-corrected chi connectivity index (χ4v) is 5.50. The van der Waals surface area contributed by atoms with Crippen LogP contribution in [0.4, 0.5) is 17.5 Å². The summed E-state index contributed by atoms with van der Waals surface area (Å²) in [7, 11) is 0. The fraction of sp³-hybridized carbons (Fsp3) is 0.195. The summed E-state index contributed by atoms with van der Waals surface area (Å²) in [6.45, 7) is 12.8. The van der Waals surface area contributed by atoms with E-state index < -0.39 is 0 Å². The van der Waals surface area contributed by atoms with Crippen LogP contribution in [0.5, 0.6) is 0 Å². The number of hydrogen-bond donors (Lipinski definition) is 0. The van der Waals surface area contributed by atoms with Gasteiger partial charge in [0.15, 0.2) is 0 Å². The summed E-state index contributed by atoms with van der Waals surface area (Å²) in [5.41, 5.74) is 5.46. The van der Waals surface area contributed by atoms with Gasteiger partial charge < -0.3 is 9.36 Å². The molecule has 0 radical (unpaired) electrons. The van der Waals surface area contributed by atoms with Crippen molar-refractivity contribution in [2.75, 3.05) is 4.90 Å². The van der Waals surface area contributed by atoms with E-state index in [0.29, 0.717) is 29.1 Å². The molecular weight excluding hydrogens is 800 g/mol. The van der Waals surface area contributed by atoms with Gasteiger partial charge in [0.2, 0.25) is 0 Å². The van der Waals surface area contributed by atoms with Gasteiger partial charge in [0, 0.05) is 6.20 Å². The van der Waals surface area contributed by atoms with Gasteiger partial charge in [0.05, 0.1) is 11.6 Å². The van der Waals surface area contributed by atoms with Crippen LogP contribution in [-0.4, -0.2) is 34.5 Å². The molecule has 252 valence electrons. The van der Waals surface area contributed by atoms with E-state index in [1.54, 1.807) is 15.6 Å². The maximum atomic E-state index is 5.27. The van der Waals surface area contributed by atoms with Crippen molar-refractivity contribution < 1.29 is 21.1 Å². The maximum absolute atomic E-state index is 5.27. The number of anilines is 3. The van der Waals surface area contributed by atoms with E-state index >= 15 is 0 Å². The number of pyridine rings is 3. The molecule has 8 nitrogen and oxygen atoms in total. The molecule has 0 fully saturated rings. The first-order chi connectivity index (χ1) is 23.6. The van der Waals surface area contributed by atoms with Gasteiger partial charge in [-0.05, 0) is 68.7 Å². The molecule has 0 saturated heterocycles. The van der Waals surface area contributed by atoms with Crippen molar-refractivity contribution >= 4 is 17.5 Å². The van der Waals surface area contributed by atoms with Crippen molar-refractivity contribution in [2.45, 2.75) is 52.4 Å². The standard InChI is InChI=1S/C41H38N8.Pt/c1-40(2,3)33-24-27-47(45-33)38-31(29-15-9-7-10-16-29)20-22-36(43-38)49(35-19-13-14-26-42-35)37-23-21-32(30-17-11-8-12-18-30)39(44-37)48-28-25-34(46-48)41(4,5)6;/h7-26H,1-6H3;/q-2;+2. The average Bonchev–Trinajstić information content (AvgIpc) is 3.82. The summed E-state index contributed by atoms with van der Waals surface area (Å²) in [6.07, 6.45) is 8.44. The van der Waals surface area contributed by atoms with Crippen molar-refractivity contribution in [3.8, 4) is 33.9 Å². The van der Waals surface area contributed by atoms with Crippen LogP contribution in [0.1, 0.15) is 52.9 Å². The van der Waals surface area contributed by atoms with Crippen molar-refractivity contribution in [3.63, 3.8) is 0 Å². The van der Waals surface area contributed by atoms with E-state index in [2.05, 4.69) is 90.3 Å². The Labute approximate surface area is 308 Å². The minimum absolute atomic E-state index is 0. The molecule has 9 heteroatoms. The van der Waals surface area contributed by atoms with E-state index in [-0.39, 0.29) is 31.9 Å². The fourth-order valence-electron chi connectivity index (χ4n) is 5.50. The quantitative estimate of drug-likeness (QED) is 0.149. The Kier molecular flexibility index (Phi) is 9.68. The van der Waals surface area contributed by atoms with E-state index in [9.17, 15) is 0 Å². The van der Waals surface area contributed by atoms with Crippen LogP contribution >= 0.6 is 0 Å². The molecule has 5 aromatic heterocycles. The molecule has 7 rings (SSSR count). The molecule has 0 bridgehead atoms. The first kappa shape index (κ1) is 34.7. The second-order valence-electron chi connectivity index (χ2n) is 14.0. The normalized spacial score (nSPS) is 11.6. The molecule has 0 amide bonds. The van der Waals surface area contributed by atoms with E-state index in [0.717, 1.165) is 33.6 Å². The van der Waals surface area contributed by atoms with Crippen LogP contribution in [0.2, 0.25) is 0 Å². The first-order valence-corrected chi connectivity index (χ1v) is 16.4. The van der Waals surface area contributed by atoms with Gasteiger partial charge in [-0.1, -0.05) is 133 Å². The third-order valence-corrected chi connectivity index (χ3v) is 8.23. The van der Waals surface area contributed by atoms with Gasteiger partial charge in [-0.2, -0.15) is 0 Å². The Morgan fingerprint density at radius 3 is 1.34 bits per heavy atom. The Morgan fingerprint density at radius 1 is 0.520 bits per heavy atom. The minimum atomic E-state index is -0.149. The number of rotatable bonds is 7. The number of hydrogen-bond acceptors (Lipinski definition) is 6. The number of aromatic nitrogens is 7. The summed E-state index contributed by atoms with van der Waals surface area (Å²) in [5.74, 6) is 3.22. The molecule has 0 saturated carbocycles. The van der Waals surface area contributed by atoms with Crippen molar-refractivity contribution in [2.24, 2.45) is 0 Å². The van der Waals surface area contributed by atoms with Crippen LogP contribution in [0.15, 0.2) is 121 Å². The topological polar surface area (TPSA) is 77.5 Å². The molecule has 0 unspecified atom stereocenters. The van der Waals surface area contributed by atoms with Crippen molar-refractivity contribution in [3.05, 3.63) is 145 Å². The number of nitrogens with zero attached hydrogens (tertiary/aromatic N) is 8. The SMILES string of the molecule is CC(C)(C)c1c[c-]n(-c2nc(N(c3ccccn3)c3ccc(-c4ccccc4)c(-n4[c-]cc(C(C)(C)C)n4)n3)ccc2-c2ccccc2)n1.[Pt+2]. The van der Waals surface area contributed by atoms with Gasteiger partial charge in [0.1, 0.15) is 17.5 Å². The summed E-state index contributed by atoms with van der Waals surface area (Å²) < 4.78 is 3.49. The molecule has 50 heavy (non-hydrogen) atoms. The summed E-state index contributed by atoms with van der Waals surface area (Å²) in [4.78, 5) is 17.3. The molecule has 0 N–H and O–H groups in total. The predicted octanol–water partition coefficient (Wildman–Crippen LogP) is 9.24. The van der Waals surface area contributed by atoms with Gasteiger partial charge in [0.25, 0.3) is 0 Å². The summed E-state index contributed by atoms with van der Waals surface area (Å²) in [6, 6.07) is 38.3. The molecular formula is C41H38N8Pt. The van der Waals surface area contributed by atoms with Crippen molar-refractivity contribution in [1.82, 2.24) is 34.5 Å². The van der Waals surface area contributed by atoms with E-state index in [4.69, 9.17) is 25.1 Å². The molecule has 2 aromatic carbocycles. The van der Waals surface area contributed by atoms with Crippen molar-refractivity contribution in [1.29, 1.82) is 0 Å². The Balaban J connectivity index is 0.00000432. The number of benzene rings is 2. The zero-order valence-corrected chi connectivity index (χ0v) is 31.2.